The fraction of sp³-hybridized carbons (Fsp3) is 0.333. The second kappa shape index (κ2) is 13.9. The summed E-state index contributed by atoms with van der Waals surface area (Å²) >= 11 is 0. The van der Waals surface area contributed by atoms with Gasteiger partial charge in [-0.2, -0.15) is 0 Å². The summed E-state index contributed by atoms with van der Waals surface area (Å²) < 4.78 is 26.8. The normalized spacial score (nSPS) is 11.9. The highest BCUT2D eigenvalue weighted by Gasteiger charge is 2.33. The SMILES string of the molecule is CCCNC(=O)[C@@H](Cc1ccccc1)N(Cc1cccc(C)c1)C(=O)CN(c1cc([N+](=O)[O-])ccc1C)S(C)(=O)=O. The molecule has 0 saturated carbocycles. The molecule has 10 nitrogen and oxygen atoms in total. The van der Waals surface area contributed by atoms with Gasteiger partial charge in [-0.1, -0.05) is 73.2 Å². The number of hydrogen-bond donors (Lipinski definition) is 1. The average Bonchev–Trinajstić information content (AvgIpc) is 2.92. The molecule has 2 amide bonds. The molecule has 0 fully saturated rings. The van der Waals surface area contributed by atoms with Crippen molar-refractivity contribution in [2.24, 2.45) is 0 Å². The van der Waals surface area contributed by atoms with E-state index < -0.39 is 33.4 Å². The van der Waals surface area contributed by atoms with Crippen LogP contribution in [0.5, 0.6) is 0 Å². The van der Waals surface area contributed by atoms with E-state index in [1.807, 2.05) is 68.4 Å². The van der Waals surface area contributed by atoms with E-state index in [-0.39, 0.29) is 30.2 Å². The van der Waals surface area contributed by atoms with Crippen molar-refractivity contribution in [3.05, 3.63) is 105 Å². The van der Waals surface area contributed by atoms with E-state index in [0.717, 1.165) is 33.3 Å². The van der Waals surface area contributed by atoms with Gasteiger partial charge in [-0.15, -0.1) is 0 Å². The lowest BCUT2D eigenvalue weighted by Gasteiger charge is -2.33. The molecule has 0 unspecified atom stereocenters. The predicted octanol–water partition coefficient (Wildman–Crippen LogP) is 4.14. The smallest absolute Gasteiger partial charge is 0.271 e. The van der Waals surface area contributed by atoms with Gasteiger partial charge >= 0.3 is 0 Å². The summed E-state index contributed by atoms with van der Waals surface area (Å²) in [6.07, 6.45) is 1.85. The summed E-state index contributed by atoms with van der Waals surface area (Å²) in [5.74, 6) is -0.968. The van der Waals surface area contributed by atoms with Crippen molar-refractivity contribution in [3.8, 4) is 0 Å². The van der Waals surface area contributed by atoms with Crippen LogP contribution in [0.4, 0.5) is 11.4 Å². The number of nitrogens with zero attached hydrogens (tertiary/aromatic N) is 3. The molecule has 3 rings (SSSR count). The van der Waals surface area contributed by atoms with Crippen LogP contribution in [0.25, 0.3) is 0 Å². The molecular formula is C30H36N4O6S. The Morgan fingerprint density at radius 1 is 0.976 bits per heavy atom. The van der Waals surface area contributed by atoms with Crippen molar-refractivity contribution in [2.45, 2.75) is 46.2 Å². The molecule has 0 aromatic heterocycles. The van der Waals surface area contributed by atoms with Crippen LogP contribution in [-0.2, 0) is 32.6 Å². The zero-order valence-electron chi connectivity index (χ0n) is 23.7. The van der Waals surface area contributed by atoms with Crippen molar-refractivity contribution in [3.63, 3.8) is 0 Å². The van der Waals surface area contributed by atoms with E-state index in [1.54, 1.807) is 6.92 Å². The molecule has 11 heteroatoms. The molecule has 0 radical (unpaired) electrons. The molecule has 1 N–H and O–H groups in total. The number of amides is 2. The molecule has 0 saturated heterocycles. The number of benzene rings is 3. The number of carbonyl (C=O) groups excluding carboxylic acids is 2. The minimum absolute atomic E-state index is 0.0283. The van der Waals surface area contributed by atoms with Gasteiger partial charge in [0, 0.05) is 31.6 Å². The molecule has 218 valence electrons. The maximum Gasteiger partial charge on any atom is 0.271 e. The number of aryl methyl sites for hydroxylation is 2. The highest BCUT2D eigenvalue weighted by atomic mass is 32.2. The molecule has 0 aliphatic rings. The van der Waals surface area contributed by atoms with Crippen molar-refractivity contribution < 1.29 is 22.9 Å². The van der Waals surface area contributed by atoms with E-state index in [1.165, 1.54) is 17.0 Å². The van der Waals surface area contributed by atoms with Crippen LogP contribution in [0, 0.1) is 24.0 Å². The first-order chi connectivity index (χ1) is 19.4. The number of non-ortho nitro benzene ring substituents is 1. The zero-order chi connectivity index (χ0) is 30.2. The maximum atomic E-state index is 14.1. The summed E-state index contributed by atoms with van der Waals surface area (Å²) in [6, 6.07) is 19.7. The van der Waals surface area contributed by atoms with E-state index >= 15 is 0 Å². The first-order valence-corrected chi connectivity index (χ1v) is 15.1. The Balaban J connectivity index is 2.09. The second-order valence-corrected chi connectivity index (χ2v) is 11.9. The molecule has 1 atom stereocenters. The van der Waals surface area contributed by atoms with Gasteiger partial charge in [-0.05, 0) is 37.0 Å². The fourth-order valence-corrected chi connectivity index (χ4v) is 5.40. The van der Waals surface area contributed by atoms with Crippen molar-refractivity contribution in [1.29, 1.82) is 0 Å². The molecule has 41 heavy (non-hydrogen) atoms. The summed E-state index contributed by atoms with van der Waals surface area (Å²) in [5, 5.41) is 14.3. The monoisotopic (exact) mass is 580 g/mol. The van der Waals surface area contributed by atoms with Gasteiger partial charge in [-0.25, -0.2) is 8.42 Å². The lowest BCUT2D eigenvalue weighted by molar-refractivity contribution is -0.384. The fourth-order valence-electron chi connectivity index (χ4n) is 4.50. The van der Waals surface area contributed by atoms with Crippen molar-refractivity contribution in [2.75, 3.05) is 23.7 Å². The minimum atomic E-state index is -4.05. The minimum Gasteiger partial charge on any atom is -0.354 e. The summed E-state index contributed by atoms with van der Waals surface area (Å²) in [5.41, 5.74) is 2.75. The largest absolute Gasteiger partial charge is 0.354 e. The van der Waals surface area contributed by atoms with Crippen LogP contribution in [0.15, 0.2) is 72.8 Å². The third-order valence-corrected chi connectivity index (χ3v) is 7.73. The van der Waals surface area contributed by atoms with Gasteiger partial charge in [0.2, 0.25) is 21.8 Å². The molecular weight excluding hydrogens is 544 g/mol. The van der Waals surface area contributed by atoms with Crippen molar-refractivity contribution in [1.82, 2.24) is 10.2 Å². The van der Waals surface area contributed by atoms with Crippen LogP contribution in [0.2, 0.25) is 0 Å². The molecule has 0 heterocycles. The Hall–Kier alpha value is -4.25. The molecule has 3 aromatic rings. The molecule has 0 spiro atoms. The number of sulfonamides is 1. The lowest BCUT2D eigenvalue weighted by atomic mass is 10.0. The summed E-state index contributed by atoms with van der Waals surface area (Å²) in [7, 11) is -4.05. The zero-order valence-corrected chi connectivity index (χ0v) is 24.6. The number of nitro benzene ring substituents is 1. The number of rotatable bonds is 13. The molecule has 0 bridgehead atoms. The Morgan fingerprint density at radius 3 is 2.27 bits per heavy atom. The van der Waals surface area contributed by atoms with Crippen LogP contribution in [0.1, 0.15) is 35.6 Å². The highest BCUT2D eigenvalue weighted by molar-refractivity contribution is 7.92. The first kappa shape index (κ1) is 31.3. The Morgan fingerprint density at radius 2 is 1.66 bits per heavy atom. The maximum absolute atomic E-state index is 14.1. The third kappa shape index (κ3) is 8.62. The van der Waals surface area contributed by atoms with E-state index in [9.17, 15) is 28.1 Å². The third-order valence-electron chi connectivity index (χ3n) is 6.61. The average molecular weight is 581 g/mol. The van der Waals surface area contributed by atoms with Gasteiger partial charge in [0.05, 0.1) is 16.9 Å². The molecule has 0 aliphatic heterocycles. The van der Waals surface area contributed by atoms with Gasteiger partial charge in [0.25, 0.3) is 5.69 Å². The topological polar surface area (TPSA) is 130 Å². The quantitative estimate of drug-likeness (QED) is 0.239. The highest BCUT2D eigenvalue weighted by Crippen LogP contribution is 2.28. The van der Waals surface area contributed by atoms with E-state index in [4.69, 9.17) is 0 Å². The van der Waals surface area contributed by atoms with Crippen LogP contribution >= 0.6 is 0 Å². The van der Waals surface area contributed by atoms with Gasteiger partial charge in [-0.3, -0.25) is 24.0 Å². The summed E-state index contributed by atoms with van der Waals surface area (Å²) in [6.45, 7) is 5.29. The Labute approximate surface area is 241 Å². The van der Waals surface area contributed by atoms with E-state index in [0.29, 0.717) is 18.5 Å². The number of nitro groups is 1. The van der Waals surface area contributed by atoms with Crippen LogP contribution in [0.3, 0.4) is 0 Å². The Bertz CT molecular complexity index is 1490. The second-order valence-electron chi connectivity index (χ2n) is 10.0. The standard InChI is InChI=1S/C30H36N4O6S/c1-5-16-31-30(36)28(18-24-11-7-6-8-12-24)32(20-25-13-9-10-22(2)17-25)29(35)21-33(41(4,39)40)27-19-26(34(37)38)15-14-23(27)3/h6-15,17,19,28H,5,16,18,20-21H2,1-4H3,(H,31,36)/t28-/m1/s1. The van der Waals surface area contributed by atoms with Gasteiger partial charge in [0.1, 0.15) is 12.6 Å². The Kier molecular flexibility index (Phi) is 10.6. The van der Waals surface area contributed by atoms with Crippen molar-refractivity contribution >= 4 is 33.2 Å². The van der Waals surface area contributed by atoms with Crippen LogP contribution < -0.4 is 9.62 Å². The molecule has 0 aliphatic carbocycles. The van der Waals surface area contributed by atoms with Gasteiger partial charge in [0.15, 0.2) is 0 Å². The number of hydrogen-bond acceptors (Lipinski definition) is 6. The van der Waals surface area contributed by atoms with E-state index in [2.05, 4.69) is 5.32 Å². The first-order valence-electron chi connectivity index (χ1n) is 13.3. The predicted molar refractivity (Wildman–Crippen MR) is 159 cm³/mol. The lowest BCUT2D eigenvalue weighted by Crippen LogP contribution is -2.53. The number of anilines is 1. The number of nitrogens with one attached hydrogen (secondary N) is 1. The van der Waals surface area contributed by atoms with Gasteiger partial charge < -0.3 is 10.2 Å². The summed E-state index contributed by atoms with van der Waals surface area (Å²) in [4.78, 5) is 39.9. The molecule has 3 aromatic carbocycles. The van der Waals surface area contributed by atoms with Crippen LogP contribution in [-0.4, -0.2) is 55.4 Å². The number of carbonyl (C=O) groups is 2.